The molecule has 1 aliphatic rings. The lowest BCUT2D eigenvalue weighted by molar-refractivity contribution is -0.121. The highest BCUT2D eigenvalue weighted by molar-refractivity contribution is 7.07. The first-order chi connectivity index (χ1) is 13.2. The number of nitrogens with one attached hydrogen (secondary N) is 2. The summed E-state index contributed by atoms with van der Waals surface area (Å²) in [6.07, 6.45) is 2.33. The van der Waals surface area contributed by atoms with E-state index in [4.69, 9.17) is 0 Å². The van der Waals surface area contributed by atoms with Gasteiger partial charge in [0.2, 0.25) is 11.8 Å². The summed E-state index contributed by atoms with van der Waals surface area (Å²) in [5.74, 6) is -0.0913. The molecule has 8 heteroatoms. The van der Waals surface area contributed by atoms with Crippen molar-refractivity contribution in [3.05, 3.63) is 62.5 Å². The molecule has 2 amide bonds. The topological polar surface area (TPSA) is 84.0 Å². The molecule has 4 rings (SSSR count). The van der Waals surface area contributed by atoms with Gasteiger partial charge in [-0.3, -0.25) is 9.59 Å². The van der Waals surface area contributed by atoms with Gasteiger partial charge in [0.1, 0.15) is 0 Å². The zero-order valence-corrected chi connectivity index (χ0v) is 16.1. The van der Waals surface area contributed by atoms with Crippen LogP contribution in [-0.4, -0.2) is 21.8 Å². The van der Waals surface area contributed by atoms with Gasteiger partial charge in [-0.2, -0.15) is 0 Å². The predicted octanol–water partition coefficient (Wildman–Crippen LogP) is 3.13. The summed E-state index contributed by atoms with van der Waals surface area (Å²) in [6.45, 7) is 0. The number of amides is 2. The van der Waals surface area contributed by atoms with Gasteiger partial charge in [0.25, 0.3) is 0 Å². The number of hydrogen-bond donors (Lipinski definition) is 2. The highest BCUT2D eigenvalue weighted by Crippen LogP contribution is 2.33. The van der Waals surface area contributed by atoms with E-state index in [0.29, 0.717) is 6.42 Å². The van der Waals surface area contributed by atoms with Gasteiger partial charge in [-0.15, -0.1) is 22.7 Å². The molecular weight excluding hydrogens is 380 g/mol. The van der Waals surface area contributed by atoms with E-state index in [1.165, 1.54) is 28.2 Å². The second-order valence-corrected chi connectivity index (χ2v) is 7.87. The zero-order chi connectivity index (χ0) is 18.6. The molecule has 27 heavy (non-hydrogen) atoms. The lowest BCUT2D eigenvalue weighted by Crippen LogP contribution is -2.28. The first kappa shape index (κ1) is 17.8. The quantitative estimate of drug-likeness (QED) is 0.668. The standard InChI is InChI=1S/C19H18N4O2S2/c24-18(6-14-8-26-10-20-14)22-13-2-3-16-12(5-13)1-4-17(16)23-19(25)7-15-9-27-11-21-15/h2-3,5,8-11,17H,1,4,6-7H2,(H,22,24)(H,23,25). The third-order valence-corrected chi connectivity index (χ3v) is 5.76. The van der Waals surface area contributed by atoms with Gasteiger partial charge in [-0.05, 0) is 36.1 Å². The molecule has 1 unspecified atom stereocenters. The fourth-order valence-electron chi connectivity index (χ4n) is 3.27. The maximum Gasteiger partial charge on any atom is 0.230 e. The van der Waals surface area contributed by atoms with Crippen molar-refractivity contribution in [1.29, 1.82) is 0 Å². The van der Waals surface area contributed by atoms with Gasteiger partial charge in [0.15, 0.2) is 0 Å². The molecule has 1 aliphatic carbocycles. The van der Waals surface area contributed by atoms with Crippen molar-refractivity contribution in [3.63, 3.8) is 0 Å². The van der Waals surface area contributed by atoms with Crippen LogP contribution < -0.4 is 10.6 Å². The molecule has 2 aromatic heterocycles. The van der Waals surface area contributed by atoms with Crippen molar-refractivity contribution in [2.45, 2.75) is 31.7 Å². The van der Waals surface area contributed by atoms with Crippen molar-refractivity contribution >= 4 is 40.2 Å². The van der Waals surface area contributed by atoms with Crippen LogP contribution in [0.15, 0.2) is 40.0 Å². The Labute approximate surface area is 164 Å². The van der Waals surface area contributed by atoms with Crippen molar-refractivity contribution in [2.24, 2.45) is 0 Å². The second-order valence-electron chi connectivity index (χ2n) is 6.43. The number of aromatic nitrogens is 2. The molecule has 2 N–H and O–H groups in total. The van der Waals surface area contributed by atoms with Crippen LogP contribution in [0.3, 0.4) is 0 Å². The molecule has 0 bridgehead atoms. The second kappa shape index (κ2) is 7.98. The van der Waals surface area contributed by atoms with Crippen LogP contribution in [0.1, 0.15) is 35.0 Å². The number of hydrogen-bond acceptors (Lipinski definition) is 6. The molecule has 1 aromatic carbocycles. The van der Waals surface area contributed by atoms with Gasteiger partial charge in [0, 0.05) is 16.4 Å². The Morgan fingerprint density at radius 3 is 2.41 bits per heavy atom. The number of fused-ring (bicyclic) bond motifs is 1. The number of anilines is 1. The molecule has 0 aliphatic heterocycles. The van der Waals surface area contributed by atoms with Crippen LogP contribution in [0.4, 0.5) is 5.69 Å². The fourth-order valence-corrected chi connectivity index (χ4v) is 4.39. The summed E-state index contributed by atoms with van der Waals surface area (Å²) in [6, 6.07) is 5.91. The van der Waals surface area contributed by atoms with Crippen molar-refractivity contribution in [3.8, 4) is 0 Å². The molecule has 0 radical (unpaired) electrons. The van der Waals surface area contributed by atoms with Crippen molar-refractivity contribution < 1.29 is 9.59 Å². The smallest absolute Gasteiger partial charge is 0.230 e. The van der Waals surface area contributed by atoms with E-state index in [1.54, 1.807) is 11.0 Å². The average Bonchev–Trinajstić information content (AvgIpc) is 3.38. The van der Waals surface area contributed by atoms with E-state index in [1.807, 2.05) is 29.0 Å². The summed E-state index contributed by atoms with van der Waals surface area (Å²) in [7, 11) is 0. The number of aryl methyl sites for hydroxylation is 1. The SMILES string of the molecule is O=C(Cc1cscn1)Nc1ccc2c(c1)CCC2NC(=O)Cc1cscn1. The van der Waals surface area contributed by atoms with Gasteiger partial charge in [0.05, 0.1) is 41.3 Å². The lowest BCUT2D eigenvalue weighted by atomic mass is 10.1. The van der Waals surface area contributed by atoms with Gasteiger partial charge < -0.3 is 10.6 Å². The number of carbonyl (C=O) groups excluding carboxylic acids is 2. The number of benzene rings is 1. The summed E-state index contributed by atoms with van der Waals surface area (Å²) >= 11 is 2.97. The van der Waals surface area contributed by atoms with E-state index in [2.05, 4.69) is 20.6 Å². The Bertz CT molecular complexity index is 939. The van der Waals surface area contributed by atoms with E-state index >= 15 is 0 Å². The van der Waals surface area contributed by atoms with Gasteiger partial charge >= 0.3 is 0 Å². The zero-order valence-electron chi connectivity index (χ0n) is 14.5. The summed E-state index contributed by atoms with van der Waals surface area (Å²) in [5.41, 5.74) is 8.11. The summed E-state index contributed by atoms with van der Waals surface area (Å²) in [5, 5.41) is 9.79. The first-order valence-corrected chi connectivity index (χ1v) is 10.5. The lowest BCUT2D eigenvalue weighted by Gasteiger charge is -2.14. The molecule has 138 valence electrons. The predicted molar refractivity (Wildman–Crippen MR) is 106 cm³/mol. The van der Waals surface area contributed by atoms with Crippen LogP contribution in [0, 0.1) is 0 Å². The molecule has 0 saturated heterocycles. The Kier molecular flexibility index (Phi) is 5.26. The summed E-state index contributed by atoms with van der Waals surface area (Å²) < 4.78 is 0. The molecular formula is C19H18N4O2S2. The van der Waals surface area contributed by atoms with Crippen LogP contribution in [-0.2, 0) is 28.9 Å². The van der Waals surface area contributed by atoms with Crippen LogP contribution in [0.5, 0.6) is 0 Å². The van der Waals surface area contributed by atoms with E-state index < -0.39 is 0 Å². The third-order valence-electron chi connectivity index (χ3n) is 4.49. The molecule has 6 nitrogen and oxygen atoms in total. The largest absolute Gasteiger partial charge is 0.349 e. The third kappa shape index (κ3) is 4.40. The molecule has 0 saturated carbocycles. The van der Waals surface area contributed by atoms with Gasteiger partial charge in [-0.1, -0.05) is 6.07 Å². The molecule has 0 spiro atoms. The Morgan fingerprint density at radius 1 is 1.04 bits per heavy atom. The van der Waals surface area contributed by atoms with Crippen LogP contribution >= 0.6 is 22.7 Å². The van der Waals surface area contributed by atoms with Crippen LogP contribution in [0.25, 0.3) is 0 Å². The minimum atomic E-state index is -0.0769. The van der Waals surface area contributed by atoms with Gasteiger partial charge in [-0.25, -0.2) is 9.97 Å². The van der Waals surface area contributed by atoms with Crippen molar-refractivity contribution in [1.82, 2.24) is 15.3 Å². The average molecular weight is 399 g/mol. The molecule has 1 atom stereocenters. The maximum atomic E-state index is 12.2. The Hall–Kier alpha value is -2.58. The minimum Gasteiger partial charge on any atom is -0.349 e. The highest BCUT2D eigenvalue weighted by Gasteiger charge is 2.24. The first-order valence-electron chi connectivity index (χ1n) is 8.63. The van der Waals surface area contributed by atoms with E-state index in [-0.39, 0.29) is 24.3 Å². The Morgan fingerprint density at radius 2 is 1.74 bits per heavy atom. The highest BCUT2D eigenvalue weighted by atomic mass is 32.1. The number of nitrogens with zero attached hydrogens (tertiary/aromatic N) is 2. The molecule has 0 fully saturated rings. The monoisotopic (exact) mass is 398 g/mol. The van der Waals surface area contributed by atoms with E-state index in [9.17, 15) is 9.59 Å². The minimum absolute atomic E-state index is 0.0145. The van der Waals surface area contributed by atoms with E-state index in [0.717, 1.165) is 35.5 Å². The number of rotatable bonds is 6. The molecule has 2 heterocycles. The summed E-state index contributed by atoms with van der Waals surface area (Å²) in [4.78, 5) is 32.7. The van der Waals surface area contributed by atoms with Crippen molar-refractivity contribution in [2.75, 3.05) is 5.32 Å². The number of thiazole rings is 2. The molecule has 3 aromatic rings. The maximum absolute atomic E-state index is 12.2. The Balaban J connectivity index is 1.37. The van der Waals surface area contributed by atoms with Crippen LogP contribution in [0.2, 0.25) is 0 Å². The number of carbonyl (C=O) groups is 2. The normalized spacial score (nSPS) is 15.3. The fraction of sp³-hybridized carbons (Fsp3) is 0.263.